The summed E-state index contributed by atoms with van der Waals surface area (Å²) in [6, 6.07) is 5.22. The molecule has 8 heteroatoms. The van der Waals surface area contributed by atoms with Crippen LogP contribution in [0.5, 0.6) is 0 Å². The van der Waals surface area contributed by atoms with Gasteiger partial charge in [-0.15, -0.1) is 0 Å². The van der Waals surface area contributed by atoms with E-state index in [1.807, 2.05) is 0 Å². The summed E-state index contributed by atoms with van der Waals surface area (Å²) in [5.41, 5.74) is -0.351. The highest BCUT2D eigenvalue weighted by Crippen LogP contribution is 2.29. The van der Waals surface area contributed by atoms with E-state index >= 15 is 0 Å². The third-order valence-electron chi connectivity index (χ3n) is 4.89. The average molecular weight is 342 g/mol. The number of aromatic nitrogens is 2. The van der Waals surface area contributed by atoms with Gasteiger partial charge in [0.2, 0.25) is 0 Å². The number of nitrogens with one attached hydrogen (secondary N) is 1. The van der Waals surface area contributed by atoms with E-state index in [0.29, 0.717) is 44.5 Å². The maximum absolute atomic E-state index is 12.8. The Bertz CT molecular complexity index is 909. The summed E-state index contributed by atoms with van der Waals surface area (Å²) >= 11 is 0. The second kappa shape index (κ2) is 5.87. The number of ether oxygens (including phenoxy) is 1. The van der Waals surface area contributed by atoms with Crippen LogP contribution in [0.3, 0.4) is 0 Å². The Morgan fingerprint density at radius 2 is 2.12 bits per heavy atom. The molecule has 1 N–H and O–H groups in total. The van der Waals surface area contributed by atoms with Gasteiger partial charge in [-0.25, -0.2) is 9.78 Å². The molecular formula is C17H18N4O4. The van der Waals surface area contributed by atoms with Crippen LogP contribution in [0.25, 0.3) is 5.65 Å². The van der Waals surface area contributed by atoms with Crippen molar-refractivity contribution in [2.24, 2.45) is 0 Å². The number of rotatable bonds is 1. The van der Waals surface area contributed by atoms with Gasteiger partial charge < -0.3 is 15.0 Å². The first kappa shape index (κ1) is 15.6. The van der Waals surface area contributed by atoms with E-state index in [1.54, 1.807) is 29.3 Å². The lowest BCUT2D eigenvalue weighted by atomic mass is 9.95. The highest BCUT2D eigenvalue weighted by molar-refractivity contribution is 5.93. The number of pyridine rings is 1. The van der Waals surface area contributed by atoms with Crippen LogP contribution in [-0.2, 0) is 4.74 Å². The van der Waals surface area contributed by atoms with Crippen molar-refractivity contribution in [1.29, 1.82) is 0 Å². The fraction of sp³-hybridized carbons (Fsp3) is 0.412. The quantitative estimate of drug-likeness (QED) is 0.827. The van der Waals surface area contributed by atoms with E-state index in [4.69, 9.17) is 4.74 Å². The number of alkyl carbamates (subject to hydrolysis) is 1. The summed E-state index contributed by atoms with van der Waals surface area (Å²) < 4.78 is 6.79. The molecule has 130 valence electrons. The van der Waals surface area contributed by atoms with Gasteiger partial charge in [-0.3, -0.25) is 14.0 Å². The number of hydrogen-bond donors (Lipinski definition) is 1. The molecule has 2 saturated heterocycles. The van der Waals surface area contributed by atoms with Crippen LogP contribution in [-0.4, -0.2) is 51.5 Å². The highest BCUT2D eigenvalue weighted by atomic mass is 16.6. The molecule has 0 radical (unpaired) electrons. The van der Waals surface area contributed by atoms with E-state index in [0.717, 1.165) is 0 Å². The van der Waals surface area contributed by atoms with Gasteiger partial charge in [-0.2, -0.15) is 0 Å². The van der Waals surface area contributed by atoms with Crippen molar-refractivity contribution in [2.45, 2.75) is 24.9 Å². The molecule has 1 spiro atoms. The summed E-state index contributed by atoms with van der Waals surface area (Å²) in [5, 5.41) is 2.68. The van der Waals surface area contributed by atoms with Gasteiger partial charge in [-0.1, -0.05) is 6.07 Å². The molecule has 4 heterocycles. The molecule has 1 atom stereocenters. The van der Waals surface area contributed by atoms with Crippen molar-refractivity contribution in [1.82, 2.24) is 19.6 Å². The lowest BCUT2D eigenvalue weighted by Gasteiger charge is -2.24. The van der Waals surface area contributed by atoms with Gasteiger partial charge in [0, 0.05) is 31.9 Å². The van der Waals surface area contributed by atoms with E-state index < -0.39 is 11.7 Å². The summed E-state index contributed by atoms with van der Waals surface area (Å²) in [4.78, 5) is 42.6. The molecule has 0 bridgehead atoms. The average Bonchev–Trinajstić information content (AvgIpc) is 2.86. The van der Waals surface area contributed by atoms with Crippen LogP contribution < -0.4 is 10.9 Å². The second-order valence-electron chi connectivity index (χ2n) is 6.48. The Labute approximate surface area is 143 Å². The van der Waals surface area contributed by atoms with Gasteiger partial charge >= 0.3 is 6.09 Å². The maximum Gasteiger partial charge on any atom is 0.407 e. The number of amides is 2. The van der Waals surface area contributed by atoms with E-state index in [-0.39, 0.29) is 17.0 Å². The molecule has 8 nitrogen and oxygen atoms in total. The van der Waals surface area contributed by atoms with Crippen LogP contribution in [0.2, 0.25) is 0 Å². The molecule has 4 rings (SSSR count). The zero-order valence-corrected chi connectivity index (χ0v) is 13.6. The minimum absolute atomic E-state index is 0.0567. The first-order valence-electron chi connectivity index (χ1n) is 8.31. The first-order valence-corrected chi connectivity index (χ1v) is 8.31. The van der Waals surface area contributed by atoms with E-state index in [2.05, 4.69) is 10.3 Å². The molecule has 0 saturated carbocycles. The number of likely N-dealkylation sites (tertiary alicyclic amines) is 1. The van der Waals surface area contributed by atoms with Crippen LogP contribution in [0, 0.1) is 0 Å². The largest absolute Gasteiger partial charge is 0.441 e. The topological polar surface area (TPSA) is 93.0 Å². The van der Waals surface area contributed by atoms with Gasteiger partial charge in [0.25, 0.3) is 11.5 Å². The van der Waals surface area contributed by atoms with Gasteiger partial charge in [0.1, 0.15) is 16.8 Å². The standard InChI is InChI=1S/C17H18N4O4/c22-14(12-10-18-13-4-1-2-8-21(13)15(12)23)20-7-3-5-17(6-9-20)11-19-16(24)25-17/h1-2,4,8,10H,3,5-7,9,11H2,(H,19,24). The molecule has 2 aromatic rings. The number of carbonyl (C=O) groups is 2. The van der Waals surface area contributed by atoms with Crippen molar-refractivity contribution < 1.29 is 14.3 Å². The van der Waals surface area contributed by atoms with Crippen LogP contribution in [0.4, 0.5) is 4.79 Å². The monoisotopic (exact) mass is 342 g/mol. The Morgan fingerprint density at radius 3 is 2.92 bits per heavy atom. The van der Waals surface area contributed by atoms with Crippen molar-refractivity contribution in [3.63, 3.8) is 0 Å². The molecule has 25 heavy (non-hydrogen) atoms. The molecule has 2 amide bonds. The summed E-state index contributed by atoms with van der Waals surface area (Å²) in [5.74, 6) is -0.329. The first-order chi connectivity index (χ1) is 12.1. The zero-order chi connectivity index (χ0) is 17.4. The Balaban J connectivity index is 1.58. The van der Waals surface area contributed by atoms with Crippen molar-refractivity contribution >= 4 is 17.6 Å². The molecule has 2 aliphatic rings. The molecule has 2 fully saturated rings. The van der Waals surface area contributed by atoms with Crippen LogP contribution in [0.15, 0.2) is 35.4 Å². The Hall–Kier alpha value is -2.90. The fourth-order valence-corrected chi connectivity index (χ4v) is 3.50. The molecule has 0 aromatic carbocycles. The smallest absolute Gasteiger partial charge is 0.407 e. The highest BCUT2D eigenvalue weighted by Gasteiger charge is 2.42. The minimum Gasteiger partial charge on any atom is -0.441 e. The van der Waals surface area contributed by atoms with Crippen molar-refractivity contribution in [3.8, 4) is 0 Å². The number of carbonyl (C=O) groups excluding carboxylic acids is 2. The fourth-order valence-electron chi connectivity index (χ4n) is 3.50. The SMILES string of the molecule is O=C1NCC2(CCCN(C(=O)c3cnc4ccccn4c3=O)CC2)O1. The molecule has 2 aliphatic heterocycles. The normalized spacial score (nSPS) is 23.4. The molecule has 2 aromatic heterocycles. The van der Waals surface area contributed by atoms with Gasteiger partial charge in [0.05, 0.1) is 6.54 Å². The van der Waals surface area contributed by atoms with Crippen LogP contribution >= 0.6 is 0 Å². The maximum atomic E-state index is 12.8. The number of hydrogen-bond acceptors (Lipinski definition) is 5. The van der Waals surface area contributed by atoms with Crippen LogP contribution in [0.1, 0.15) is 29.6 Å². The zero-order valence-electron chi connectivity index (χ0n) is 13.6. The molecule has 1 unspecified atom stereocenters. The molecular weight excluding hydrogens is 324 g/mol. The third kappa shape index (κ3) is 2.73. The lowest BCUT2D eigenvalue weighted by molar-refractivity contribution is 0.0438. The second-order valence-corrected chi connectivity index (χ2v) is 6.48. The number of nitrogens with zero attached hydrogens (tertiary/aromatic N) is 3. The lowest BCUT2D eigenvalue weighted by Crippen LogP contribution is -2.38. The minimum atomic E-state index is -0.539. The predicted molar refractivity (Wildman–Crippen MR) is 88.4 cm³/mol. The Morgan fingerprint density at radius 1 is 1.24 bits per heavy atom. The Kier molecular flexibility index (Phi) is 3.67. The van der Waals surface area contributed by atoms with Gasteiger partial charge in [-0.05, 0) is 25.0 Å². The summed E-state index contributed by atoms with van der Waals surface area (Å²) in [6.07, 6.45) is 4.50. The molecule has 0 aliphatic carbocycles. The number of fused-ring (bicyclic) bond motifs is 1. The van der Waals surface area contributed by atoms with Gasteiger partial charge in [0.15, 0.2) is 0 Å². The third-order valence-corrected chi connectivity index (χ3v) is 4.89. The van der Waals surface area contributed by atoms with Crippen molar-refractivity contribution in [2.75, 3.05) is 19.6 Å². The predicted octanol–water partition coefficient (Wildman–Crippen LogP) is 0.799. The van der Waals surface area contributed by atoms with E-state index in [9.17, 15) is 14.4 Å². The summed E-state index contributed by atoms with van der Waals surface area (Å²) in [6.45, 7) is 1.42. The van der Waals surface area contributed by atoms with Crippen molar-refractivity contribution in [3.05, 3.63) is 46.5 Å². The summed E-state index contributed by atoms with van der Waals surface area (Å²) in [7, 11) is 0. The van der Waals surface area contributed by atoms with E-state index in [1.165, 1.54) is 10.6 Å².